The Labute approximate surface area is 98.7 Å². The minimum Gasteiger partial charge on any atom is -0.368 e. The number of hydrogen-bond acceptors (Lipinski definition) is 4. The smallest absolute Gasteiger partial charge is 0.223 e. The average molecular weight is 240 g/mol. The van der Waals surface area contributed by atoms with Crippen LogP contribution < -0.4 is 5.73 Å². The lowest BCUT2D eigenvalue weighted by molar-refractivity contribution is 0.613. The minimum absolute atomic E-state index is 0.163. The largest absolute Gasteiger partial charge is 0.368 e. The van der Waals surface area contributed by atoms with Gasteiger partial charge in [0.25, 0.3) is 0 Å². The summed E-state index contributed by atoms with van der Waals surface area (Å²) in [5, 5.41) is 0.372. The van der Waals surface area contributed by atoms with E-state index in [1.54, 1.807) is 6.33 Å². The Hall–Kier alpha value is -1.36. The number of nitrogen functional groups attached to an aromatic ring is 1. The second kappa shape index (κ2) is 4.65. The highest BCUT2D eigenvalue weighted by Crippen LogP contribution is 2.20. The highest BCUT2D eigenvalue weighted by atomic mass is 35.5. The second-order valence-electron chi connectivity index (χ2n) is 3.69. The van der Waals surface area contributed by atoms with Gasteiger partial charge in [-0.25, -0.2) is 4.98 Å². The Balaban J connectivity index is 2.33. The zero-order valence-electron chi connectivity index (χ0n) is 9.15. The summed E-state index contributed by atoms with van der Waals surface area (Å²) in [6.07, 6.45) is 5.21. The zero-order valence-corrected chi connectivity index (χ0v) is 9.91. The van der Waals surface area contributed by atoms with Crippen LogP contribution in [0.25, 0.3) is 11.2 Å². The lowest BCUT2D eigenvalue weighted by Gasteiger charge is -2.04. The highest BCUT2D eigenvalue weighted by molar-refractivity contribution is 6.33. The Morgan fingerprint density at radius 1 is 1.38 bits per heavy atom. The monoisotopic (exact) mass is 239 g/mol. The zero-order chi connectivity index (χ0) is 11.5. The first-order valence-corrected chi connectivity index (χ1v) is 5.74. The summed E-state index contributed by atoms with van der Waals surface area (Å²) < 4.78 is 1.98. The highest BCUT2D eigenvalue weighted by Gasteiger charge is 2.10. The van der Waals surface area contributed by atoms with Crippen molar-refractivity contribution in [1.82, 2.24) is 19.5 Å². The predicted octanol–water partition coefficient (Wildman–Crippen LogP) is 2.25. The van der Waals surface area contributed by atoms with Gasteiger partial charge in [-0.1, -0.05) is 31.4 Å². The predicted molar refractivity (Wildman–Crippen MR) is 64.3 cm³/mol. The van der Waals surface area contributed by atoms with Crippen LogP contribution in [0.5, 0.6) is 0 Å². The maximum Gasteiger partial charge on any atom is 0.223 e. The number of anilines is 1. The molecule has 0 radical (unpaired) electrons. The van der Waals surface area contributed by atoms with Gasteiger partial charge in [-0.2, -0.15) is 9.97 Å². The van der Waals surface area contributed by atoms with E-state index in [1.165, 1.54) is 12.8 Å². The molecule has 2 heterocycles. The molecule has 0 unspecified atom stereocenters. The van der Waals surface area contributed by atoms with Crippen molar-refractivity contribution in [3.8, 4) is 0 Å². The molecule has 0 spiro atoms. The van der Waals surface area contributed by atoms with E-state index in [4.69, 9.17) is 17.3 Å². The molecule has 0 fully saturated rings. The van der Waals surface area contributed by atoms with E-state index in [9.17, 15) is 0 Å². The van der Waals surface area contributed by atoms with Crippen LogP contribution >= 0.6 is 11.6 Å². The molecule has 0 aromatic carbocycles. The summed E-state index contributed by atoms with van der Waals surface area (Å²) in [6.45, 7) is 3.06. The number of nitrogens with zero attached hydrogens (tertiary/aromatic N) is 4. The van der Waals surface area contributed by atoms with Crippen LogP contribution in [0.2, 0.25) is 5.15 Å². The number of imidazole rings is 1. The molecule has 2 N–H and O–H groups in total. The fourth-order valence-electron chi connectivity index (χ4n) is 1.65. The van der Waals surface area contributed by atoms with Gasteiger partial charge in [-0.15, -0.1) is 0 Å². The Bertz CT molecular complexity index is 493. The van der Waals surface area contributed by atoms with Gasteiger partial charge in [0.1, 0.15) is 5.52 Å². The van der Waals surface area contributed by atoms with E-state index in [0.29, 0.717) is 10.8 Å². The molecule has 0 aliphatic carbocycles. The summed E-state index contributed by atoms with van der Waals surface area (Å²) in [7, 11) is 0. The van der Waals surface area contributed by atoms with Crippen molar-refractivity contribution in [3.63, 3.8) is 0 Å². The van der Waals surface area contributed by atoms with Crippen molar-refractivity contribution in [2.45, 2.75) is 32.7 Å². The van der Waals surface area contributed by atoms with Crippen LogP contribution in [0, 0.1) is 0 Å². The van der Waals surface area contributed by atoms with E-state index < -0.39 is 0 Å². The summed E-state index contributed by atoms with van der Waals surface area (Å²) in [5.74, 6) is 0.163. The number of aryl methyl sites for hydroxylation is 1. The lowest BCUT2D eigenvalue weighted by Crippen LogP contribution is -2.00. The van der Waals surface area contributed by atoms with Crippen LogP contribution in [0.1, 0.15) is 26.2 Å². The number of aromatic nitrogens is 4. The Morgan fingerprint density at radius 3 is 2.94 bits per heavy atom. The molecule has 0 aliphatic rings. The van der Waals surface area contributed by atoms with Crippen LogP contribution in [-0.2, 0) is 6.54 Å². The Kier molecular flexibility index (Phi) is 3.24. The molecule has 2 rings (SSSR count). The van der Waals surface area contributed by atoms with Crippen molar-refractivity contribution in [3.05, 3.63) is 11.5 Å². The van der Waals surface area contributed by atoms with Gasteiger partial charge in [0.2, 0.25) is 5.95 Å². The van der Waals surface area contributed by atoms with Gasteiger partial charge in [0, 0.05) is 6.54 Å². The van der Waals surface area contributed by atoms with Crippen LogP contribution in [0.3, 0.4) is 0 Å². The average Bonchev–Trinajstić information content (AvgIpc) is 2.62. The minimum atomic E-state index is 0.163. The first-order valence-electron chi connectivity index (χ1n) is 5.36. The molecule has 5 nitrogen and oxygen atoms in total. The molecule has 0 saturated heterocycles. The number of rotatable bonds is 4. The van der Waals surface area contributed by atoms with Gasteiger partial charge in [0.15, 0.2) is 10.8 Å². The molecule has 2 aromatic rings. The van der Waals surface area contributed by atoms with Crippen molar-refractivity contribution in [2.24, 2.45) is 0 Å². The number of fused-ring (bicyclic) bond motifs is 1. The molecule has 0 saturated carbocycles. The van der Waals surface area contributed by atoms with E-state index in [1.807, 2.05) is 4.57 Å². The fourth-order valence-corrected chi connectivity index (χ4v) is 1.93. The maximum atomic E-state index is 6.03. The number of unbranched alkanes of at least 4 members (excludes halogenated alkanes) is 2. The second-order valence-corrected chi connectivity index (χ2v) is 4.05. The standard InChI is InChI=1S/C10H14ClN5/c1-2-3-4-5-16-6-13-9-7(16)8(11)14-10(12)15-9/h6H,2-5H2,1H3,(H2,12,14,15). The van der Waals surface area contributed by atoms with Gasteiger partial charge < -0.3 is 10.3 Å². The van der Waals surface area contributed by atoms with Crippen molar-refractivity contribution in [2.75, 3.05) is 5.73 Å². The molecule has 0 amide bonds. The lowest BCUT2D eigenvalue weighted by atomic mass is 10.2. The fraction of sp³-hybridized carbons (Fsp3) is 0.500. The van der Waals surface area contributed by atoms with Crippen LogP contribution in [0.4, 0.5) is 5.95 Å². The van der Waals surface area contributed by atoms with E-state index >= 15 is 0 Å². The third kappa shape index (κ3) is 2.09. The van der Waals surface area contributed by atoms with Gasteiger partial charge in [0.05, 0.1) is 6.33 Å². The van der Waals surface area contributed by atoms with Crippen molar-refractivity contribution >= 4 is 28.7 Å². The van der Waals surface area contributed by atoms with E-state index in [0.717, 1.165) is 18.5 Å². The number of hydrogen-bond donors (Lipinski definition) is 1. The third-order valence-corrected chi connectivity index (χ3v) is 2.71. The van der Waals surface area contributed by atoms with Crippen molar-refractivity contribution < 1.29 is 0 Å². The van der Waals surface area contributed by atoms with E-state index in [2.05, 4.69) is 21.9 Å². The molecular formula is C10H14ClN5. The molecule has 86 valence electrons. The Morgan fingerprint density at radius 2 is 2.19 bits per heavy atom. The maximum absolute atomic E-state index is 6.03. The molecule has 0 aliphatic heterocycles. The molecule has 2 aromatic heterocycles. The summed E-state index contributed by atoms with van der Waals surface area (Å²) in [5.41, 5.74) is 6.83. The van der Waals surface area contributed by atoms with Crippen LogP contribution in [-0.4, -0.2) is 19.5 Å². The van der Waals surface area contributed by atoms with Gasteiger partial charge in [-0.3, -0.25) is 0 Å². The van der Waals surface area contributed by atoms with Crippen molar-refractivity contribution in [1.29, 1.82) is 0 Å². The van der Waals surface area contributed by atoms with Crippen LogP contribution in [0.15, 0.2) is 6.33 Å². The van der Waals surface area contributed by atoms with E-state index in [-0.39, 0.29) is 5.95 Å². The molecule has 6 heteroatoms. The van der Waals surface area contributed by atoms with Gasteiger partial charge in [-0.05, 0) is 6.42 Å². The molecule has 16 heavy (non-hydrogen) atoms. The molecular weight excluding hydrogens is 226 g/mol. The molecule has 0 bridgehead atoms. The SMILES string of the molecule is CCCCCn1cnc2nc(N)nc(Cl)c21. The first-order chi connectivity index (χ1) is 7.72. The molecule has 0 atom stereocenters. The number of halogens is 1. The van der Waals surface area contributed by atoms with Gasteiger partial charge >= 0.3 is 0 Å². The first kappa shape index (κ1) is 11.1. The summed E-state index contributed by atoms with van der Waals surface area (Å²) in [4.78, 5) is 12.1. The normalized spacial score (nSPS) is 11.1. The number of nitrogens with two attached hydrogens (primary N) is 1. The third-order valence-electron chi connectivity index (χ3n) is 2.45. The summed E-state index contributed by atoms with van der Waals surface area (Å²) >= 11 is 6.03. The summed E-state index contributed by atoms with van der Waals surface area (Å²) in [6, 6.07) is 0. The topological polar surface area (TPSA) is 69.6 Å². The quantitative estimate of drug-likeness (QED) is 0.656.